The van der Waals surface area contributed by atoms with Crippen LogP contribution in [0.3, 0.4) is 0 Å². The topological polar surface area (TPSA) is 6.48 Å². The van der Waals surface area contributed by atoms with Gasteiger partial charge in [-0.15, -0.1) is 0 Å². The molecular formula is C20H20Cl2N2. The van der Waals surface area contributed by atoms with Gasteiger partial charge in [0.25, 0.3) is 0 Å². The molecule has 0 aliphatic carbocycles. The molecule has 2 aliphatic heterocycles. The molecule has 2 aromatic rings. The first-order valence-corrected chi connectivity index (χ1v) is 9.22. The Labute approximate surface area is 153 Å². The lowest BCUT2D eigenvalue weighted by atomic mass is 10.0. The third kappa shape index (κ3) is 3.01. The smallest absolute Gasteiger partial charge is 0.0682 e. The Morgan fingerprint density at radius 1 is 0.958 bits per heavy atom. The molecule has 2 heterocycles. The lowest BCUT2D eigenvalue weighted by Gasteiger charge is -2.32. The number of fused-ring (bicyclic) bond motifs is 1. The van der Waals surface area contributed by atoms with Crippen LogP contribution in [-0.4, -0.2) is 13.1 Å². The van der Waals surface area contributed by atoms with E-state index in [1.807, 2.05) is 12.1 Å². The van der Waals surface area contributed by atoms with Gasteiger partial charge in [0.15, 0.2) is 0 Å². The van der Waals surface area contributed by atoms with E-state index in [1.54, 1.807) is 0 Å². The molecule has 0 amide bonds. The van der Waals surface area contributed by atoms with Crippen molar-refractivity contribution in [2.45, 2.75) is 25.8 Å². The highest BCUT2D eigenvalue weighted by Crippen LogP contribution is 2.38. The van der Waals surface area contributed by atoms with Crippen LogP contribution in [-0.2, 0) is 13.0 Å². The van der Waals surface area contributed by atoms with E-state index in [1.165, 1.54) is 29.8 Å². The Hall–Kier alpha value is -1.64. The fraction of sp³-hybridized carbons (Fsp3) is 0.300. The van der Waals surface area contributed by atoms with Gasteiger partial charge in [0.1, 0.15) is 0 Å². The van der Waals surface area contributed by atoms with Crippen molar-refractivity contribution in [2.75, 3.05) is 22.9 Å². The molecule has 0 aromatic heterocycles. The van der Waals surface area contributed by atoms with E-state index >= 15 is 0 Å². The summed E-state index contributed by atoms with van der Waals surface area (Å²) in [6, 6.07) is 12.6. The summed E-state index contributed by atoms with van der Waals surface area (Å²) >= 11 is 12.2. The second kappa shape index (κ2) is 6.70. The Kier molecular flexibility index (Phi) is 4.43. The summed E-state index contributed by atoms with van der Waals surface area (Å²) < 4.78 is 0. The summed E-state index contributed by atoms with van der Waals surface area (Å²) in [5.74, 6) is 0. The molecule has 2 aromatic carbocycles. The number of hydrogen-bond donors (Lipinski definition) is 0. The first-order chi connectivity index (χ1) is 11.7. The van der Waals surface area contributed by atoms with Gasteiger partial charge < -0.3 is 9.80 Å². The molecule has 24 heavy (non-hydrogen) atoms. The molecule has 0 atom stereocenters. The van der Waals surface area contributed by atoms with E-state index < -0.39 is 0 Å². The standard InChI is InChI=1S/C20H20Cl2N2/c21-17-9-8-15(13-18(17)22)14-24-12-4-6-16-5-3-7-19(20(16)24)23-10-1-2-11-23/h3-5,7-9,12-13H,1-2,6,10-11,14H2. The van der Waals surface area contributed by atoms with E-state index in [9.17, 15) is 0 Å². The van der Waals surface area contributed by atoms with Crippen LogP contribution < -0.4 is 9.80 Å². The van der Waals surface area contributed by atoms with Crippen LogP contribution in [0.15, 0.2) is 48.7 Å². The SMILES string of the molecule is Clc1ccc(CN2C=CCc3cccc(N4CCCC4)c32)cc1Cl. The Morgan fingerprint density at radius 2 is 1.79 bits per heavy atom. The highest BCUT2D eigenvalue weighted by molar-refractivity contribution is 6.42. The van der Waals surface area contributed by atoms with Crippen LogP contribution in [0.25, 0.3) is 0 Å². The van der Waals surface area contributed by atoms with Crippen molar-refractivity contribution in [3.63, 3.8) is 0 Å². The summed E-state index contributed by atoms with van der Waals surface area (Å²) in [5.41, 5.74) is 5.25. The maximum Gasteiger partial charge on any atom is 0.0682 e. The Balaban J connectivity index is 1.69. The van der Waals surface area contributed by atoms with Crippen molar-refractivity contribution < 1.29 is 0 Å². The number of allylic oxidation sites excluding steroid dienone is 1. The highest BCUT2D eigenvalue weighted by atomic mass is 35.5. The maximum absolute atomic E-state index is 6.19. The zero-order chi connectivity index (χ0) is 16.5. The van der Waals surface area contributed by atoms with Crippen LogP contribution in [0.4, 0.5) is 11.4 Å². The third-order valence-electron chi connectivity index (χ3n) is 4.79. The van der Waals surface area contributed by atoms with Crippen molar-refractivity contribution in [1.82, 2.24) is 0 Å². The normalized spacial score (nSPS) is 16.6. The van der Waals surface area contributed by atoms with Gasteiger partial charge in [-0.1, -0.05) is 47.5 Å². The van der Waals surface area contributed by atoms with Crippen molar-refractivity contribution in [2.24, 2.45) is 0 Å². The van der Waals surface area contributed by atoms with Gasteiger partial charge in [0, 0.05) is 25.8 Å². The van der Waals surface area contributed by atoms with Crippen molar-refractivity contribution in [1.29, 1.82) is 0 Å². The predicted molar refractivity (Wildman–Crippen MR) is 103 cm³/mol. The average Bonchev–Trinajstić information content (AvgIpc) is 3.12. The molecule has 0 bridgehead atoms. The second-order valence-corrected chi connectivity index (χ2v) is 7.26. The minimum Gasteiger partial charge on any atom is -0.370 e. The summed E-state index contributed by atoms with van der Waals surface area (Å²) in [4.78, 5) is 4.85. The molecule has 0 spiro atoms. The Bertz CT molecular complexity index is 779. The molecule has 0 radical (unpaired) electrons. The molecule has 0 saturated carbocycles. The molecule has 0 N–H and O–H groups in total. The monoisotopic (exact) mass is 358 g/mol. The first kappa shape index (κ1) is 15.9. The third-order valence-corrected chi connectivity index (χ3v) is 5.53. The van der Waals surface area contributed by atoms with Gasteiger partial charge in [-0.25, -0.2) is 0 Å². The van der Waals surface area contributed by atoms with E-state index in [4.69, 9.17) is 23.2 Å². The molecule has 2 nitrogen and oxygen atoms in total. The van der Waals surface area contributed by atoms with Crippen LogP contribution in [0.1, 0.15) is 24.0 Å². The number of anilines is 2. The van der Waals surface area contributed by atoms with Gasteiger partial charge in [-0.3, -0.25) is 0 Å². The molecule has 1 fully saturated rings. The zero-order valence-corrected chi connectivity index (χ0v) is 15.0. The number of rotatable bonds is 3. The summed E-state index contributed by atoms with van der Waals surface area (Å²) in [5, 5.41) is 1.22. The number of benzene rings is 2. The van der Waals surface area contributed by atoms with Crippen molar-refractivity contribution in [3.8, 4) is 0 Å². The molecule has 4 heteroatoms. The maximum atomic E-state index is 6.19. The lowest BCUT2D eigenvalue weighted by Crippen LogP contribution is -2.25. The van der Waals surface area contributed by atoms with Crippen molar-refractivity contribution >= 4 is 34.6 Å². The number of para-hydroxylation sites is 1. The molecule has 1 saturated heterocycles. The van der Waals surface area contributed by atoms with Crippen molar-refractivity contribution in [3.05, 3.63) is 69.8 Å². The molecular weight excluding hydrogens is 339 g/mol. The molecule has 4 rings (SSSR count). The summed E-state index contributed by atoms with van der Waals surface area (Å²) in [7, 11) is 0. The minimum absolute atomic E-state index is 0.604. The van der Waals surface area contributed by atoms with Crippen LogP contribution in [0.5, 0.6) is 0 Å². The zero-order valence-electron chi connectivity index (χ0n) is 13.5. The van der Waals surface area contributed by atoms with E-state index in [0.717, 1.165) is 31.6 Å². The fourth-order valence-electron chi connectivity index (χ4n) is 3.64. The van der Waals surface area contributed by atoms with Gasteiger partial charge in [-0.2, -0.15) is 0 Å². The van der Waals surface area contributed by atoms with Crippen LogP contribution in [0.2, 0.25) is 10.0 Å². The number of halogens is 2. The van der Waals surface area contributed by atoms with Gasteiger partial charge in [0.05, 0.1) is 21.4 Å². The number of nitrogens with zero attached hydrogens (tertiary/aromatic N) is 2. The quantitative estimate of drug-likeness (QED) is 0.697. The van der Waals surface area contributed by atoms with Gasteiger partial charge in [-0.05, 0) is 48.6 Å². The molecule has 124 valence electrons. The lowest BCUT2D eigenvalue weighted by molar-refractivity contribution is 0.905. The highest BCUT2D eigenvalue weighted by Gasteiger charge is 2.22. The van der Waals surface area contributed by atoms with Gasteiger partial charge in [0.2, 0.25) is 0 Å². The van der Waals surface area contributed by atoms with E-state index in [-0.39, 0.29) is 0 Å². The van der Waals surface area contributed by atoms with Gasteiger partial charge >= 0.3 is 0 Å². The Morgan fingerprint density at radius 3 is 2.58 bits per heavy atom. The van der Waals surface area contributed by atoms with Crippen LogP contribution >= 0.6 is 23.2 Å². The molecule has 2 aliphatic rings. The summed E-state index contributed by atoms with van der Waals surface area (Å²) in [6.07, 6.45) is 7.99. The second-order valence-electron chi connectivity index (χ2n) is 6.44. The summed E-state index contributed by atoms with van der Waals surface area (Å²) in [6.45, 7) is 3.10. The van der Waals surface area contributed by atoms with E-state index in [2.05, 4.69) is 46.3 Å². The number of hydrogen-bond acceptors (Lipinski definition) is 2. The van der Waals surface area contributed by atoms with E-state index in [0.29, 0.717) is 10.0 Å². The largest absolute Gasteiger partial charge is 0.370 e. The first-order valence-electron chi connectivity index (χ1n) is 8.46. The molecule has 0 unspecified atom stereocenters. The fourth-order valence-corrected chi connectivity index (χ4v) is 3.96. The predicted octanol–water partition coefficient (Wildman–Crippen LogP) is 5.67. The average molecular weight is 359 g/mol. The van der Waals surface area contributed by atoms with Crippen LogP contribution in [0, 0.1) is 0 Å². The minimum atomic E-state index is 0.604.